The summed E-state index contributed by atoms with van der Waals surface area (Å²) in [6.07, 6.45) is 20.4. The average Bonchev–Trinajstić information content (AvgIpc) is 2.38. The Kier molecular flexibility index (Phi) is 24.2. The maximum atomic E-state index is 2.29. The molecule has 0 radical (unpaired) electrons. The summed E-state index contributed by atoms with van der Waals surface area (Å²) in [5.74, 6) is 0. The maximum Gasteiger partial charge on any atom is 0.0780 e. The fourth-order valence-electron chi connectivity index (χ4n) is 2.78. The zero-order chi connectivity index (χ0) is 15.1. The van der Waals surface area contributed by atoms with Crippen molar-refractivity contribution in [3.8, 4) is 0 Å². The number of halogens is 1. The lowest BCUT2D eigenvalue weighted by molar-refractivity contribution is -0.870. The lowest BCUT2D eigenvalue weighted by Crippen LogP contribution is -3.00. The molecule has 0 aliphatic rings. The minimum Gasteiger partial charge on any atom is -1.00 e. The molecule has 0 aliphatic heterocycles. The second kappa shape index (κ2) is 19.5. The van der Waals surface area contributed by atoms with Crippen LogP contribution in [0.1, 0.15) is 104 Å². The average molecular weight is 380 g/mol. The molecular weight excluding hydrogens is 334 g/mol. The molecule has 138 valence electrons. The SMILES string of the molecule is C.CCCCCCCCCCCCCCCC[N+](C)(C)C.[Br-]. The lowest BCUT2D eigenvalue weighted by atomic mass is 10.0. The Balaban J connectivity index is -0.00000180. The Bertz CT molecular complexity index is 187. The summed E-state index contributed by atoms with van der Waals surface area (Å²) in [6, 6.07) is 0. The van der Waals surface area contributed by atoms with Crippen LogP contribution < -0.4 is 17.0 Å². The Hall–Kier alpha value is 0.440. The van der Waals surface area contributed by atoms with Crippen LogP contribution >= 0.6 is 0 Å². The van der Waals surface area contributed by atoms with Gasteiger partial charge in [-0.2, -0.15) is 0 Å². The van der Waals surface area contributed by atoms with Crippen molar-refractivity contribution >= 4 is 0 Å². The highest BCUT2D eigenvalue weighted by Gasteiger charge is 2.04. The Morgan fingerprint density at radius 2 is 0.773 bits per heavy atom. The summed E-state index contributed by atoms with van der Waals surface area (Å²) in [5.41, 5.74) is 0. The molecule has 0 aromatic rings. The van der Waals surface area contributed by atoms with Gasteiger partial charge in [-0.25, -0.2) is 0 Å². The predicted octanol–water partition coefficient (Wildman–Crippen LogP) is 3.81. The van der Waals surface area contributed by atoms with Crippen molar-refractivity contribution in [1.29, 1.82) is 0 Å². The van der Waals surface area contributed by atoms with Gasteiger partial charge >= 0.3 is 0 Å². The van der Waals surface area contributed by atoms with Crippen molar-refractivity contribution in [2.75, 3.05) is 27.7 Å². The van der Waals surface area contributed by atoms with Crippen molar-refractivity contribution < 1.29 is 21.5 Å². The van der Waals surface area contributed by atoms with Crippen LogP contribution in [0.25, 0.3) is 0 Å². The normalized spacial score (nSPS) is 10.9. The topological polar surface area (TPSA) is 0 Å². The standard InChI is InChI=1S/C19H42N.CH4.BrH/c1-5-6-7-8-9-10-11-12-13-14-15-16-17-18-19-20(2,3)4;;/h5-19H2,1-4H3;1H4;1H/q+1;;/p-1. The van der Waals surface area contributed by atoms with E-state index in [2.05, 4.69) is 28.1 Å². The monoisotopic (exact) mass is 379 g/mol. The molecule has 0 heterocycles. The van der Waals surface area contributed by atoms with Gasteiger partial charge in [0.05, 0.1) is 27.7 Å². The predicted molar refractivity (Wildman–Crippen MR) is 99.9 cm³/mol. The smallest absolute Gasteiger partial charge is 0.0780 e. The number of rotatable bonds is 15. The number of hydrogen-bond donors (Lipinski definition) is 0. The molecule has 0 fully saturated rings. The van der Waals surface area contributed by atoms with Crippen LogP contribution in [0.3, 0.4) is 0 Å². The van der Waals surface area contributed by atoms with Crippen molar-refractivity contribution in [2.24, 2.45) is 0 Å². The summed E-state index contributed by atoms with van der Waals surface area (Å²) in [4.78, 5) is 0. The van der Waals surface area contributed by atoms with Gasteiger partial charge in [0, 0.05) is 0 Å². The molecule has 1 nitrogen and oxygen atoms in total. The Morgan fingerprint density at radius 3 is 1.05 bits per heavy atom. The van der Waals surface area contributed by atoms with E-state index < -0.39 is 0 Å². The van der Waals surface area contributed by atoms with Crippen molar-refractivity contribution in [1.82, 2.24) is 0 Å². The fourth-order valence-corrected chi connectivity index (χ4v) is 2.78. The van der Waals surface area contributed by atoms with E-state index in [9.17, 15) is 0 Å². The van der Waals surface area contributed by atoms with Crippen LogP contribution in [0.4, 0.5) is 0 Å². The molecule has 0 aromatic heterocycles. The zero-order valence-corrected chi connectivity index (χ0v) is 17.0. The quantitative estimate of drug-likeness (QED) is 0.299. The summed E-state index contributed by atoms with van der Waals surface area (Å²) >= 11 is 0. The van der Waals surface area contributed by atoms with E-state index in [1.54, 1.807) is 0 Å². The minimum absolute atomic E-state index is 0. The molecule has 0 aliphatic carbocycles. The highest BCUT2D eigenvalue weighted by atomic mass is 79.9. The van der Waals surface area contributed by atoms with E-state index in [1.807, 2.05) is 0 Å². The van der Waals surface area contributed by atoms with Gasteiger partial charge in [-0.05, 0) is 12.8 Å². The molecule has 0 spiro atoms. The highest BCUT2D eigenvalue weighted by molar-refractivity contribution is 4.49. The first-order valence-electron chi connectivity index (χ1n) is 9.36. The van der Waals surface area contributed by atoms with E-state index in [0.717, 1.165) is 4.48 Å². The molecule has 0 atom stereocenters. The van der Waals surface area contributed by atoms with Crippen LogP contribution in [0.15, 0.2) is 0 Å². The third-order valence-corrected chi connectivity index (χ3v) is 4.18. The van der Waals surface area contributed by atoms with Gasteiger partial charge in [-0.3, -0.25) is 0 Å². The van der Waals surface area contributed by atoms with Crippen molar-refractivity contribution in [3.63, 3.8) is 0 Å². The van der Waals surface area contributed by atoms with E-state index in [1.165, 1.54) is 96.4 Å². The molecule has 22 heavy (non-hydrogen) atoms. The highest BCUT2D eigenvalue weighted by Crippen LogP contribution is 2.13. The number of quaternary nitrogens is 1. The Labute approximate surface area is 153 Å². The molecule has 0 amide bonds. The van der Waals surface area contributed by atoms with E-state index in [-0.39, 0.29) is 24.4 Å². The second-order valence-corrected chi connectivity index (χ2v) is 7.61. The number of hydrogen-bond acceptors (Lipinski definition) is 0. The molecule has 0 aromatic carbocycles. The summed E-state index contributed by atoms with van der Waals surface area (Å²) in [5, 5.41) is 0. The van der Waals surface area contributed by atoms with Gasteiger partial charge in [0.15, 0.2) is 0 Å². The number of nitrogens with zero attached hydrogens (tertiary/aromatic N) is 1. The van der Waals surface area contributed by atoms with Crippen LogP contribution in [0.2, 0.25) is 0 Å². The first kappa shape index (κ1) is 27.3. The first-order chi connectivity index (χ1) is 9.56. The van der Waals surface area contributed by atoms with E-state index >= 15 is 0 Å². The first-order valence-corrected chi connectivity index (χ1v) is 9.36. The number of unbranched alkanes of at least 4 members (excludes halogenated alkanes) is 13. The van der Waals surface area contributed by atoms with E-state index in [0.29, 0.717) is 0 Å². The van der Waals surface area contributed by atoms with Crippen LogP contribution in [0, 0.1) is 0 Å². The van der Waals surface area contributed by atoms with Crippen molar-refractivity contribution in [2.45, 2.75) is 104 Å². The van der Waals surface area contributed by atoms with Gasteiger partial charge in [0.2, 0.25) is 0 Å². The van der Waals surface area contributed by atoms with Gasteiger partial charge in [0.1, 0.15) is 0 Å². The Morgan fingerprint density at radius 1 is 0.500 bits per heavy atom. The van der Waals surface area contributed by atoms with Crippen LogP contribution in [0.5, 0.6) is 0 Å². The van der Waals surface area contributed by atoms with Gasteiger partial charge in [0.25, 0.3) is 0 Å². The zero-order valence-electron chi connectivity index (χ0n) is 15.4. The summed E-state index contributed by atoms with van der Waals surface area (Å²) in [7, 11) is 6.88. The largest absolute Gasteiger partial charge is 1.00 e. The molecular formula is C20H46BrN. The maximum absolute atomic E-state index is 2.29. The van der Waals surface area contributed by atoms with Gasteiger partial charge < -0.3 is 21.5 Å². The molecule has 0 saturated heterocycles. The summed E-state index contributed by atoms with van der Waals surface area (Å²) < 4.78 is 1.12. The third kappa shape index (κ3) is 25.4. The summed E-state index contributed by atoms with van der Waals surface area (Å²) in [6.45, 7) is 3.63. The molecule has 0 N–H and O–H groups in total. The minimum atomic E-state index is 0. The fraction of sp³-hybridized carbons (Fsp3) is 1.00. The molecule has 2 heteroatoms. The molecule has 0 rings (SSSR count). The van der Waals surface area contributed by atoms with Crippen LogP contribution in [-0.4, -0.2) is 32.2 Å². The van der Waals surface area contributed by atoms with Crippen molar-refractivity contribution in [3.05, 3.63) is 0 Å². The molecule has 0 unspecified atom stereocenters. The lowest BCUT2D eigenvalue weighted by Gasteiger charge is -2.23. The molecule has 0 saturated carbocycles. The second-order valence-electron chi connectivity index (χ2n) is 7.61. The van der Waals surface area contributed by atoms with Gasteiger partial charge in [-0.1, -0.05) is 91.4 Å². The third-order valence-electron chi connectivity index (χ3n) is 4.18. The van der Waals surface area contributed by atoms with Crippen LogP contribution in [-0.2, 0) is 0 Å². The molecule has 0 bridgehead atoms. The van der Waals surface area contributed by atoms with Gasteiger partial charge in [-0.15, -0.1) is 0 Å². The van der Waals surface area contributed by atoms with E-state index in [4.69, 9.17) is 0 Å².